The molecule has 119 valence electrons. The summed E-state index contributed by atoms with van der Waals surface area (Å²) in [5.74, 6) is 0.184. The van der Waals surface area contributed by atoms with Gasteiger partial charge in [-0.2, -0.15) is 0 Å². The van der Waals surface area contributed by atoms with Crippen LogP contribution in [0.15, 0.2) is 35.3 Å². The van der Waals surface area contributed by atoms with E-state index in [1.807, 2.05) is 0 Å². The van der Waals surface area contributed by atoms with Gasteiger partial charge >= 0.3 is 0 Å². The van der Waals surface area contributed by atoms with E-state index in [0.717, 1.165) is 0 Å². The second kappa shape index (κ2) is 6.62. The molecule has 1 fully saturated rings. The number of benzene rings is 1. The highest BCUT2D eigenvalue weighted by atomic mass is 16.5. The number of aryl methyl sites for hydroxylation is 1. The van der Waals surface area contributed by atoms with Gasteiger partial charge in [-0.25, -0.2) is 4.98 Å². The normalized spacial score (nSPS) is 14.6. The first kappa shape index (κ1) is 15.2. The van der Waals surface area contributed by atoms with Crippen LogP contribution >= 0.6 is 0 Å². The molecule has 1 saturated heterocycles. The van der Waals surface area contributed by atoms with E-state index < -0.39 is 0 Å². The molecule has 23 heavy (non-hydrogen) atoms. The van der Waals surface area contributed by atoms with Crippen LogP contribution < -0.4 is 10.9 Å². The van der Waals surface area contributed by atoms with Crippen molar-refractivity contribution in [2.75, 3.05) is 31.6 Å². The van der Waals surface area contributed by atoms with Gasteiger partial charge in [0, 0.05) is 37.6 Å². The first-order chi connectivity index (χ1) is 11.1. The summed E-state index contributed by atoms with van der Waals surface area (Å²) in [6.45, 7) is 2.37. The summed E-state index contributed by atoms with van der Waals surface area (Å²) in [6.07, 6.45) is 4.11. The lowest BCUT2D eigenvalue weighted by Crippen LogP contribution is -2.40. The molecular formula is C16H17N4O3. The Kier molecular flexibility index (Phi) is 4.38. The number of rotatable bonds is 3. The molecule has 7 nitrogen and oxygen atoms in total. The van der Waals surface area contributed by atoms with Gasteiger partial charge in [0.05, 0.1) is 13.2 Å². The first-order valence-electron chi connectivity index (χ1n) is 7.33. The quantitative estimate of drug-likeness (QED) is 0.907. The van der Waals surface area contributed by atoms with Crippen LogP contribution in [0.25, 0.3) is 0 Å². The third-order valence-corrected chi connectivity index (χ3v) is 3.64. The Morgan fingerprint density at radius 1 is 1.26 bits per heavy atom. The number of hydrogen-bond donors (Lipinski definition) is 1. The maximum atomic E-state index is 12.3. The van der Waals surface area contributed by atoms with Gasteiger partial charge in [0.2, 0.25) is 0 Å². The second-order valence-electron chi connectivity index (χ2n) is 5.24. The minimum Gasteiger partial charge on any atom is -0.378 e. The topological polar surface area (TPSA) is 76.5 Å². The summed E-state index contributed by atoms with van der Waals surface area (Å²) in [7, 11) is 1.63. The van der Waals surface area contributed by atoms with E-state index in [1.54, 1.807) is 36.2 Å². The van der Waals surface area contributed by atoms with Crippen molar-refractivity contribution in [3.8, 4) is 0 Å². The molecule has 0 bridgehead atoms. The van der Waals surface area contributed by atoms with Crippen molar-refractivity contribution in [2.24, 2.45) is 7.05 Å². The summed E-state index contributed by atoms with van der Waals surface area (Å²) in [5.41, 5.74) is 1.06. The van der Waals surface area contributed by atoms with Crippen molar-refractivity contribution in [1.82, 2.24) is 14.5 Å². The van der Waals surface area contributed by atoms with Crippen LogP contribution in [0.5, 0.6) is 0 Å². The maximum Gasteiger partial charge on any atom is 0.293 e. The van der Waals surface area contributed by atoms with Crippen molar-refractivity contribution >= 4 is 17.4 Å². The molecule has 0 aliphatic carbocycles. The average molecular weight is 313 g/mol. The van der Waals surface area contributed by atoms with Crippen molar-refractivity contribution in [3.63, 3.8) is 0 Å². The summed E-state index contributed by atoms with van der Waals surface area (Å²) in [6, 6.07) is 6.97. The van der Waals surface area contributed by atoms with Crippen molar-refractivity contribution in [3.05, 3.63) is 52.6 Å². The molecule has 3 rings (SSSR count). The van der Waals surface area contributed by atoms with E-state index in [2.05, 4.69) is 16.5 Å². The highest BCUT2D eigenvalue weighted by molar-refractivity contribution is 5.94. The number of hydrogen-bond acceptors (Lipinski definition) is 5. The zero-order chi connectivity index (χ0) is 16.2. The van der Waals surface area contributed by atoms with Gasteiger partial charge in [-0.1, -0.05) is 0 Å². The molecule has 7 heteroatoms. The van der Waals surface area contributed by atoms with Gasteiger partial charge < -0.3 is 19.5 Å². The minimum absolute atomic E-state index is 0.0121. The maximum absolute atomic E-state index is 12.3. The van der Waals surface area contributed by atoms with E-state index in [4.69, 9.17) is 4.74 Å². The molecule has 0 spiro atoms. The molecular weight excluding hydrogens is 296 g/mol. The molecule has 0 saturated carbocycles. The van der Waals surface area contributed by atoms with Gasteiger partial charge in [0.1, 0.15) is 6.20 Å². The molecule has 1 N–H and O–H groups in total. The fourth-order valence-corrected chi connectivity index (χ4v) is 2.32. The summed E-state index contributed by atoms with van der Waals surface area (Å²) in [4.78, 5) is 29.9. The van der Waals surface area contributed by atoms with Crippen molar-refractivity contribution in [1.29, 1.82) is 0 Å². The zero-order valence-electron chi connectivity index (χ0n) is 12.8. The smallest absolute Gasteiger partial charge is 0.293 e. The van der Waals surface area contributed by atoms with Crippen LogP contribution in [0.3, 0.4) is 0 Å². The monoisotopic (exact) mass is 313 g/mol. The van der Waals surface area contributed by atoms with Crippen LogP contribution in [0.1, 0.15) is 10.4 Å². The van der Waals surface area contributed by atoms with Gasteiger partial charge in [-0.05, 0) is 24.3 Å². The lowest BCUT2D eigenvalue weighted by Gasteiger charge is -2.26. The minimum atomic E-state index is -0.239. The Balaban J connectivity index is 1.73. The molecule has 0 atom stereocenters. The number of ether oxygens (including phenoxy) is 1. The molecule has 1 radical (unpaired) electrons. The standard InChI is InChI=1S/C16H17N4O3/c1-19-7-6-17-14(16(19)22)18-13-4-2-12(3-5-13)15(21)20-8-10-23-11-9-20/h2-5,7H,8-11H2,1H3,(H,17,18). The summed E-state index contributed by atoms with van der Waals surface area (Å²) < 4.78 is 6.64. The van der Waals surface area contributed by atoms with Gasteiger partial charge in [0.15, 0.2) is 5.82 Å². The van der Waals surface area contributed by atoms with Crippen LogP contribution in [0.2, 0.25) is 0 Å². The fraction of sp³-hybridized carbons (Fsp3) is 0.312. The lowest BCUT2D eigenvalue weighted by molar-refractivity contribution is 0.0303. The van der Waals surface area contributed by atoms with Crippen LogP contribution in [0.4, 0.5) is 11.5 Å². The van der Waals surface area contributed by atoms with Crippen LogP contribution in [-0.4, -0.2) is 46.7 Å². The molecule has 2 aromatic rings. The largest absolute Gasteiger partial charge is 0.378 e. The van der Waals surface area contributed by atoms with Crippen molar-refractivity contribution < 1.29 is 9.53 Å². The summed E-state index contributed by atoms with van der Waals surface area (Å²) in [5, 5.41) is 2.94. The number of morpholine rings is 1. The SMILES string of the molecule is Cn1c[c]nc(Nc2ccc(C(=O)N3CCOCC3)cc2)c1=O. The molecule has 1 amide bonds. The number of carbonyl (C=O) groups is 1. The third kappa shape index (κ3) is 3.40. The fourth-order valence-electron chi connectivity index (χ4n) is 2.32. The number of aromatic nitrogens is 2. The van der Waals surface area contributed by atoms with Crippen LogP contribution in [-0.2, 0) is 11.8 Å². The molecule has 1 aliphatic heterocycles. The summed E-state index contributed by atoms with van der Waals surface area (Å²) >= 11 is 0. The number of nitrogens with zero attached hydrogens (tertiary/aromatic N) is 3. The number of amides is 1. The van der Waals surface area contributed by atoms with Crippen molar-refractivity contribution in [2.45, 2.75) is 0 Å². The molecule has 0 unspecified atom stereocenters. The predicted molar refractivity (Wildman–Crippen MR) is 84.8 cm³/mol. The second-order valence-corrected chi connectivity index (χ2v) is 5.24. The molecule has 2 heterocycles. The predicted octanol–water partition coefficient (Wildman–Crippen LogP) is 0.796. The highest BCUT2D eigenvalue weighted by Crippen LogP contribution is 2.14. The van der Waals surface area contributed by atoms with E-state index in [0.29, 0.717) is 37.6 Å². The Labute approximate surface area is 133 Å². The average Bonchev–Trinajstić information content (AvgIpc) is 2.60. The van der Waals surface area contributed by atoms with E-state index in [1.165, 1.54) is 10.8 Å². The Hall–Kier alpha value is -2.67. The molecule has 1 aliphatic rings. The third-order valence-electron chi connectivity index (χ3n) is 3.64. The van der Waals surface area contributed by atoms with Gasteiger partial charge in [0.25, 0.3) is 11.5 Å². The molecule has 1 aromatic heterocycles. The van der Waals surface area contributed by atoms with Gasteiger partial charge in [-0.3, -0.25) is 9.59 Å². The number of anilines is 2. The number of carbonyl (C=O) groups excluding carboxylic acids is 1. The highest BCUT2D eigenvalue weighted by Gasteiger charge is 2.18. The lowest BCUT2D eigenvalue weighted by atomic mass is 10.1. The van der Waals surface area contributed by atoms with E-state index >= 15 is 0 Å². The molecule has 1 aromatic carbocycles. The zero-order valence-corrected chi connectivity index (χ0v) is 12.8. The van der Waals surface area contributed by atoms with Crippen LogP contribution in [0, 0.1) is 6.20 Å². The Morgan fingerprint density at radius 3 is 2.65 bits per heavy atom. The van der Waals surface area contributed by atoms with Gasteiger partial charge in [-0.15, -0.1) is 0 Å². The number of nitrogens with one attached hydrogen (secondary N) is 1. The van der Waals surface area contributed by atoms with E-state index in [-0.39, 0.29) is 17.3 Å². The first-order valence-corrected chi connectivity index (χ1v) is 7.33. The van der Waals surface area contributed by atoms with E-state index in [9.17, 15) is 9.59 Å². The Bertz CT molecular complexity index is 749. The Morgan fingerprint density at radius 2 is 1.96 bits per heavy atom.